The highest BCUT2D eigenvalue weighted by atomic mass is 79.9. The van der Waals surface area contributed by atoms with Crippen molar-refractivity contribution in [1.29, 1.82) is 0 Å². The smallest absolute Gasteiger partial charge is 0.118 e. The fraction of sp³-hybridized carbons (Fsp3) is 0.600. The molecule has 1 saturated heterocycles. The summed E-state index contributed by atoms with van der Waals surface area (Å²) in [6.07, 6.45) is 5.42. The fourth-order valence-electron chi connectivity index (χ4n) is 1.83. The van der Waals surface area contributed by atoms with Crippen molar-refractivity contribution < 1.29 is 4.42 Å². The Kier molecular flexibility index (Phi) is 3.06. The summed E-state index contributed by atoms with van der Waals surface area (Å²) in [4.78, 5) is 0. The maximum atomic E-state index is 5.39. The second-order valence-electron chi connectivity index (χ2n) is 3.61. The number of rotatable bonds is 2. The standard InChI is InChI=1S/C10H14BrNO/c11-9-3-5-13-10(9)6-8-2-1-4-12-7-8/h3,5,8,12H,1-2,4,6-7H2. The Labute approximate surface area is 86.8 Å². The van der Waals surface area contributed by atoms with Gasteiger partial charge in [-0.15, -0.1) is 0 Å². The van der Waals surface area contributed by atoms with E-state index in [0.717, 1.165) is 29.1 Å². The molecule has 1 unspecified atom stereocenters. The Morgan fingerprint density at radius 3 is 3.15 bits per heavy atom. The Hall–Kier alpha value is -0.280. The van der Waals surface area contributed by atoms with Crippen LogP contribution in [0.2, 0.25) is 0 Å². The summed E-state index contributed by atoms with van der Waals surface area (Å²) in [5, 5.41) is 3.41. The molecule has 0 saturated carbocycles. The van der Waals surface area contributed by atoms with Crippen molar-refractivity contribution in [3.63, 3.8) is 0 Å². The highest BCUT2D eigenvalue weighted by molar-refractivity contribution is 9.10. The molecule has 1 aliphatic heterocycles. The summed E-state index contributed by atoms with van der Waals surface area (Å²) >= 11 is 3.48. The molecule has 3 heteroatoms. The lowest BCUT2D eigenvalue weighted by Gasteiger charge is -2.21. The van der Waals surface area contributed by atoms with Crippen LogP contribution in [0.4, 0.5) is 0 Å². The molecule has 1 fully saturated rings. The largest absolute Gasteiger partial charge is 0.468 e. The number of hydrogen-bond acceptors (Lipinski definition) is 2. The summed E-state index contributed by atoms with van der Waals surface area (Å²) in [5.74, 6) is 1.84. The van der Waals surface area contributed by atoms with E-state index in [1.54, 1.807) is 6.26 Å². The van der Waals surface area contributed by atoms with E-state index in [1.165, 1.54) is 19.4 Å². The number of piperidine rings is 1. The van der Waals surface area contributed by atoms with E-state index in [4.69, 9.17) is 4.42 Å². The van der Waals surface area contributed by atoms with Crippen LogP contribution in [-0.2, 0) is 6.42 Å². The summed E-state index contributed by atoms with van der Waals surface area (Å²) in [6.45, 7) is 2.31. The monoisotopic (exact) mass is 243 g/mol. The normalized spacial score (nSPS) is 23.3. The summed E-state index contributed by atoms with van der Waals surface area (Å²) in [7, 11) is 0. The minimum atomic E-state index is 0.746. The zero-order chi connectivity index (χ0) is 9.10. The van der Waals surface area contributed by atoms with Gasteiger partial charge in [-0.05, 0) is 53.8 Å². The van der Waals surface area contributed by atoms with Crippen LogP contribution in [-0.4, -0.2) is 13.1 Å². The van der Waals surface area contributed by atoms with Crippen molar-refractivity contribution in [1.82, 2.24) is 5.32 Å². The predicted octanol–water partition coefficient (Wildman–Crippen LogP) is 2.58. The third kappa shape index (κ3) is 2.35. The van der Waals surface area contributed by atoms with Gasteiger partial charge in [-0.3, -0.25) is 0 Å². The topological polar surface area (TPSA) is 25.2 Å². The number of nitrogens with one attached hydrogen (secondary N) is 1. The molecular weight excluding hydrogens is 230 g/mol. The van der Waals surface area contributed by atoms with Crippen LogP contribution in [0.15, 0.2) is 21.2 Å². The number of hydrogen-bond donors (Lipinski definition) is 1. The molecule has 1 aromatic heterocycles. The van der Waals surface area contributed by atoms with Gasteiger partial charge in [-0.1, -0.05) is 0 Å². The molecule has 1 N–H and O–H groups in total. The van der Waals surface area contributed by atoms with Crippen LogP contribution in [0, 0.1) is 5.92 Å². The Bertz CT molecular complexity index is 266. The molecule has 0 radical (unpaired) electrons. The van der Waals surface area contributed by atoms with Crippen molar-refractivity contribution in [3.8, 4) is 0 Å². The maximum Gasteiger partial charge on any atom is 0.118 e. The van der Waals surface area contributed by atoms with Crippen LogP contribution in [0.25, 0.3) is 0 Å². The minimum Gasteiger partial charge on any atom is -0.468 e. The predicted molar refractivity (Wildman–Crippen MR) is 55.7 cm³/mol. The van der Waals surface area contributed by atoms with Crippen LogP contribution in [0.1, 0.15) is 18.6 Å². The van der Waals surface area contributed by atoms with Gasteiger partial charge in [0.25, 0.3) is 0 Å². The summed E-state index contributed by atoms with van der Waals surface area (Å²) in [5.41, 5.74) is 0. The van der Waals surface area contributed by atoms with Gasteiger partial charge < -0.3 is 9.73 Å². The molecular formula is C10H14BrNO. The van der Waals surface area contributed by atoms with E-state index in [-0.39, 0.29) is 0 Å². The lowest BCUT2D eigenvalue weighted by Crippen LogP contribution is -2.30. The highest BCUT2D eigenvalue weighted by Crippen LogP contribution is 2.23. The van der Waals surface area contributed by atoms with Crippen molar-refractivity contribution in [2.24, 2.45) is 5.92 Å². The first-order valence-corrected chi connectivity index (χ1v) is 5.58. The molecule has 0 bridgehead atoms. The third-order valence-electron chi connectivity index (χ3n) is 2.56. The molecule has 1 aliphatic rings. The van der Waals surface area contributed by atoms with Crippen LogP contribution >= 0.6 is 15.9 Å². The zero-order valence-corrected chi connectivity index (χ0v) is 9.14. The lowest BCUT2D eigenvalue weighted by atomic mass is 9.95. The molecule has 2 nitrogen and oxygen atoms in total. The molecule has 0 aromatic carbocycles. The van der Waals surface area contributed by atoms with Gasteiger partial charge in [-0.25, -0.2) is 0 Å². The van der Waals surface area contributed by atoms with E-state index in [0.29, 0.717) is 0 Å². The highest BCUT2D eigenvalue weighted by Gasteiger charge is 2.16. The van der Waals surface area contributed by atoms with Crippen molar-refractivity contribution in [2.75, 3.05) is 13.1 Å². The van der Waals surface area contributed by atoms with Crippen LogP contribution in [0.5, 0.6) is 0 Å². The quantitative estimate of drug-likeness (QED) is 0.864. The van der Waals surface area contributed by atoms with Crippen molar-refractivity contribution in [3.05, 3.63) is 22.6 Å². The van der Waals surface area contributed by atoms with E-state index < -0.39 is 0 Å². The average Bonchev–Trinajstić information content (AvgIpc) is 2.54. The van der Waals surface area contributed by atoms with Gasteiger partial charge in [0.1, 0.15) is 5.76 Å². The van der Waals surface area contributed by atoms with Gasteiger partial charge in [0, 0.05) is 6.42 Å². The molecule has 0 spiro atoms. The number of furan rings is 1. The second-order valence-corrected chi connectivity index (χ2v) is 4.46. The van der Waals surface area contributed by atoms with E-state index in [9.17, 15) is 0 Å². The zero-order valence-electron chi connectivity index (χ0n) is 7.55. The molecule has 13 heavy (non-hydrogen) atoms. The Balaban J connectivity index is 1.93. The van der Waals surface area contributed by atoms with E-state index in [1.807, 2.05) is 6.07 Å². The first-order valence-electron chi connectivity index (χ1n) is 4.79. The van der Waals surface area contributed by atoms with E-state index >= 15 is 0 Å². The van der Waals surface area contributed by atoms with Gasteiger partial charge >= 0.3 is 0 Å². The molecule has 2 heterocycles. The second kappa shape index (κ2) is 4.29. The van der Waals surface area contributed by atoms with Crippen LogP contribution < -0.4 is 5.32 Å². The number of halogens is 1. The molecule has 0 amide bonds. The Morgan fingerprint density at radius 2 is 2.54 bits per heavy atom. The molecule has 2 rings (SSSR count). The van der Waals surface area contributed by atoms with Crippen LogP contribution in [0.3, 0.4) is 0 Å². The third-order valence-corrected chi connectivity index (χ3v) is 3.27. The maximum absolute atomic E-state index is 5.39. The first kappa shape index (κ1) is 9.28. The first-order chi connectivity index (χ1) is 6.36. The molecule has 0 aliphatic carbocycles. The van der Waals surface area contributed by atoms with Gasteiger partial charge in [0.05, 0.1) is 10.7 Å². The molecule has 1 atom stereocenters. The minimum absolute atomic E-state index is 0.746. The molecule has 1 aromatic rings. The fourth-order valence-corrected chi connectivity index (χ4v) is 2.19. The Morgan fingerprint density at radius 1 is 1.62 bits per heavy atom. The van der Waals surface area contributed by atoms with Gasteiger partial charge in [-0.2, -0.15) is 0 Å². The van der Waals surface area contributed by atoms with Gasteiger partial charge in [0.15, 0.2) is 0 Å². The SMILES string of the molecule is Brc1ccoc1CC1CCCNC1. The lowest BCUT2D eigenvalue weighted by molar-refractivity contribution is 0.350. The summed E-state index contributed by atoms with van der Waals surface area (Å²) < 4.78 is 6.50. The van der Waals surface area contributed by atoms with Crippen molar-refractivity contribution in [2.45, 2.75) is 19.3 Å². The van der Waals surface area contributed by atoms with E-state index in [2.05, 4.69) is 21.2 Å². The molecule has 72 valence electrons. The average molecular weight is 244 g/mol. The van der Waals surface area contributed by atoms with Gasteiger partial charge in [0.2, 0.25) is 0 Å². The summed E-state index contributed by atoms with van der Waals surface area (Å²) in [6, 6.07) is 1.96. The van der Waals surface area contributed by atoms with Crippen molar-refractivity contribution >= 4 is 15.9 Å².